The third-order valence-corrected chi connectivity index (χ3v) is 3.74. The Morgan fingerprint density at radius 3 is 2.47 bits per heavy atom. The van der Waals surface area contributed by atoms with Crippen LogP contribution in [0, 0.1) is 0 Å². The maximum absolute atomic E-state index is 6.20. The zero-order valence-corrected chi connectivity index (χ0v) is 11.7. The van der Waals surface area contributed by atoms with Gasteiger partial charge >= 0.3 is 0 Å². The predicted octanol–water partition coefficient (Wildman–Crippen LogP) is 4.55. The Hall–Kier alpha value is -1.42. The summed E-state index contributed by atoms with van der Waals surface area (Å²) >= 11 is 11.6. The normalized spacial score (nSPS) is 18.9. The van der Waals surface area contributed by atoms with Crippen molar-refractivity contribution in [1.82, 2.24) is 0 Å². The van der Waals surface area contributed by atoms with Crippen LogP contribution in [0.3, 0.4) is 0 Å². The lowest BCUT2D eigenvalue weighted by Crippen LogP contribution is -2.20. The fraction of sp³-hybridized carbons (Fsp3) is 0.133. The van der Waals surface area contributed by atoms with Crippen LogP contribution >= 0.6 is 23.8 Å². The van der Waals surface area contributed by atoms with Crippen LogP contribution in [0.25, 0.3) is 0 Å². The molecule has 4 heteroatoms. The smallest absolute Gasteiger partial charge is 0.119 e. The Morgan fingerprint density at radius 2 is 1.74 bits per heavy atom. The second-order valence-electron chi connectivity index (χ2n) is 4.34. The molecule has 1 unspecified atom stereocenters. The Balaban J connectivity index is 1.87. The largest absolute Gasteiger partial charge is 0.259 e. The molecule has 3 rings (SSSR count). The highest BCUT2D eigenvalue weighted by Crippen LogP contribution is 2.36. The Labute approximate surface area is 122 Å². The Bertz CT molecular complexity index is 602. The number of para-hydroxylation sites is 1. The summed E-state index contributed by atoms with van der Waals surface area (Å²) in [4.78, 5) is 6.71. The molecule has 0 saturated carbocycles. The molecule has 96 valence electrons. The lowest BCUT2D eigenvalue weighted by atomic mass is 10.1. The first-order valence-corrected chi connectivity index (χ1v) is 6.83. The molecule has 0 aromatic heterocycles. The summed E-state index contributed by atoms with van der Waals surface area (Å²) in [5.41, 5.74) is 1.92. The molecule has 1 atom stereocenters. The number of hydrogen-bond donors (Lipinski definition) is 0. The fourth-order valence-electron chi connectivity index (χ4n) is 2.14. The van der Waals surface area contributed by atoms with Crippen molar-refractivity contribution in [2.24, 2.45) is 0 Å². The van der Waals surface area contributed by atoms with Gasteiger partial charge in [0.1, 0.15) is 11.1 Å². The van der Waals surface area contributed by atoms with E-state index >= 15 is 0 Å². The van der Waals surface area contributed by atoms with Crippen molar-refractivity contribution in [3.63, 3.8) is 0 Å². The molecule has 2 aromatic carbocycles. The van der Waals surface area contributed by atoms with Gasteiger partial charge in [0.2, 0.25) is 0 Å². The summed E-state index contributed by atoms with van der Waals surface area (Å²) in [5, 5.41) is 2.42. The van der Waals surface area contributed by atoms with Crippen LogP contribution in [0.4, 0.5) is 5.69 Å². The van der Waals surface area contributed by atoms with E-state index < -0.39 is 0 Å². The fourth-order valence-corrected chi connectivity index (χ4v) is 2.69. The van der Waals surface area contributed by atoms with E-state index in [1.807, 2.05) is 54.6 Å². The van der Waals surface area contributed by atoms with Crippen molar-refractivity contribution < 1.29 is 4.84 Å². The number of rotatable bonds is 2. The Kier molecular flexibility index (Phi) is 3.51. The molecule has 0 N–H and O–H groups in total. The van der Waals surface area contributed by atoms with Gasteiger partial charge in [-0.05, 0) is 18.2 Å². The molecule has 1 fully saturated rings. The molecule has 0 radical (unpaired) electrons. The molecule has 19 heavy (non-hydrogen) atoms. The molecule has 2 nitrogen and oxygen atoms in total. The summed E-state index contributed by atoms with van der Waals surface area (Å²) in [6, 6.07) is 17.6. The van der Waals surface area contributed by atoms with Crippen molar-refractivity contribution in [2.75, 3.05) is 5.06 Å². The first-order chi connectivity index (χ1) is 9.25. The summed E-state index contributed by atoms with van der Waals surface area (Å²) in [7, 11) is 0. The average molecular weight is 290 g/mol. The SMILES string of the molecule is S=C1CC(c2ccccc2Cl)ON1c1ccccc1. The van der Waals surface area contributed by atoms with Crippen molar-refractivity contribution in [2.45, 2.75) is 12.5 Å². The van der Waals surface area contributed by atoms with Crippen LogP contribution in [-0.2, 0) is 4.84 Å². The van der Waals surface area contributed by atoms with E-state index in [0.717, 1.165) is 16.2 Å². The summed E-state index contributed by atoms with van der Waals surface area (Å²) in [5.74, 6) is 0. The molecule has 0 aliphatic carbocycles. The number of hydrogen-bond acceptors (Lipinski definition) is 2. The highest BCUT2D eigenvalue weighted by atomic mass is 35.5. The minimum atomic E-state index is -0.110. The van der Waals surface area contributed by atoms with Gasteiger partial charge < -0.3 is 0 Å². The molecule has 2 aromatic rings. The standard InChI is InChI=1S/C15H12ClNOS/c16-13-9-5-4-8-12(13)14-10-15(19)17(18-14)11-6-2-1-3-7-11/h1-9,14H,10H2. The van der Waals surface area contributed by atoms with E-state index in [9.17, 15) is 0 Å². The molecule has 0 amide bonds. The minimum absolute atomic E-state index is 0.110. The first-order valence-electron chi connectivity index (χ1n) is 6.05. The van der Waals surface area contributed by atoms with Crippen molar-refractivity contribution in [1.29, 1.82) is 0 Å². The van der Waals surface area contributed by atoms with Gasteiger partial charge in [0, 0.05) is 17.0 Å². The molecule has 0 spiro atoms. The van der Waals surface area contributed by atoms with Crippen LogP contribution in [0.1, 0.15) is 18.1 Å². The predicted molar refractivity (Wildman–Crippen MR) is 81.4 cm³/mol. The number of thiocarbonyl (C=S) groups is 1. The Morgan fingerprint density at radius 1 is 1.05 bits per heavy atom. The molecular weight excluding hydrogens is 278 g/mol. The van der Waals surface area contributed by atoms with E-state index in [4.69, 9.17) is 28.7 Å². The molecule has 1 heterocycles. The second kappa shape index (κ2) is 5.29. The highest BCUT2D eigenvalue weighted by Gasteiger charge is 2.31. The number of halogens is 1. The second-order valence-corrected chi connectivity index (χ2v) is 5.22. The minimum Gasteiger partial charge on any atom is -0.259 e. The number of anilines is 1. The van der Waals surface area contributed by atoms with Crippen LogP contribution < -0.4 is 5.06 Å². The number of benzene rings is 2. The number of hydroxylamine groups is 1. The van der Waals surface area contributed by atoms with E-state index in [-0.39, 0.29) is 6.10 Å². The van der Waals surface area contributed by atoms with E-state index in [1.165, 1.54) is 0 Å². The van der Waals surface area contributed by atoms with Gasteiger partial charge in [0.25, 0.3) is 0 Å². The molecule has 1 aliphatic heterocycles. The zero-order chi connectivity index (χ0) is 13.2. The van der Waals surface area contributed by atoms with E-state index in [0.29, 0.717) is 11.4 Å². The van der Waals surface area contributed by atoms with E-state index in [1.54, 1.807) is 5.06 Å². The quantitative estimate of drug-likeness (QED) is 0.753. The van der Waals surface area contributed by atoms with Crippen molar-refractivity contribution in [3.05, 3.63) is 65.2 Å². The van der Waals surface area contributed by atoms with Crippen LogP contribution in [-0.4, -0.2) is 4.99 Å². The first kappa shape index (κ1) is 12.6. The zero-order valence-electron chi connectivity index (χ0n) is 10.1. The molecule has 1 saturated heterocycles. The van der Waals surface area contributed by atoms with Crippen LogP contribution in [0.2, 0.25) is 5.02 Å². The number of nitrogens with zero attached hydrogens (tertiary/aromatic N) is 1. The maximum Gasteiger partial charge on any atom is 0.119 e. The molecule has 1 aliphatic rings. The lowest BCUT2D eigenvalue weighted by Gasteiger charge is -2.18. The third-order valence-electron chi connectivity index (χ3n) is 3.06. The van der Waals surface area contributed by atoms with Gasteiger partial charge in [-0.1, -0.05) is 60.2 Å². The summed E-state index contributed by atoms with van der Waals surface area (Å²) in [6.45, 7) is 0. The van der Waals surface area contributed by atoms with Crippen molar-refractivity contribution >= 4 is 34.5 Å². The molecular formula is C15H12ClNOS. The van der Waals surface area contributed by atoms with Crippen molar-refractivity contribution in [3.8, 4) is 0 Å². The van der Waals surface area contributed by atoms with Gasteiger partial charge in [-0.15, -0.1) is 0 Å². The monoisotopic (exact) mass is 289 g/mol. The summed E-state index contributed by atoms with van der Waals surface area (Å²) in [6.07, 6.45) is 0.565. The van der Waals surface area contributed by atoms with Gasteiger partial charge in [0.15, 0.2) is 0 Å². The summed E-state index contributed by atoms with van der Waals surface area (Å²) < 4.78 is 0. The third kappa shape index (κ3) is 2.50. The van der Waals surface area contributed by atoms with Gasteiger partial charge in [0.05, 0.1) is 5.69 Å². The van der Waals surface area contributed by atoms with E-state index in [2.05, 4.69) is 0 Å². The van der Waals surface area contributed by atoms with Crippen LogP contribution in [0.15, 0.2) is 54.6 Å². The average Bonchev–Trinajstić information content (AvgIpc) is 2.82. The maximum atomic E-state index is 6.20. The van der Waals surface area contributed by atoms with Gasteiger partial charge in [-0.2, -0.15) is 0 Å². The van der Waals surface area contributed by atoms with Gasteiger partial charge in [-0.3, -0.25) is 4.84 Å². The van der Waals surface area contributed by atoms with Crippen LogP contribution in [0.5, 0.6) is 0 Å². The van der Waals surface area contributed by atoms with Gasteiger partial charge in [-0.25, -0.2) is 5.06 Å². The molecule has 0 bridgehead atoms. The highest BCUT2D eigenvalue weighted by molar-refractivity contribution is 7.80. The topological polar surface area (TPSA) is 12.5 Å². The lowest BCUT2D eigenvalue weighted by molar-refractivity contribution is 0.0937.